The first kappa shape index (κ1) is 15.2. The molecule has 1 aromatic carbocycles. The number of benzene rings is 1. The molecular formula is C15H23FN2O2. The second-order valence-electron chi connectivity index (χ2n) is 5.27. The molecule has 20 heavy (non-hydrogen) atoms. The number of nitrogens with zero attached hydrogens (tertiary/aromatic N) is 1. The van der Waals surface area contributed by atoms with Gasteiger partial charge in [-0.25, -0.2) is 4.39 Å². The monoisotopic (exact) mass is 282 g/mol. The third kappa shape index (κ3) is 3.69. The zero-order valence-corrected chi connectivity index (χ0v) is 11.9. The molecule has 1 aliphatic heterocycles. The zero-order valence-electron chi connectivity index (χ0n) is 11.9. The Labute approximate surface area is 119 Å². The van der Waals surface area contributed by atoms with E-state index >= 15 is 0 Å². The quantitative estimate of drug-likeness (QED) is 0.865. The van der Waals surface area contributed by atoms with Crippen molar-refractivity contribution in [2.45, 2.75) is 31.9 Å². The molecule has 112 valence electrons. The minimum atomic E-state index is -0.248. The van der Waals surface area contributed by atoms with Crippen LogP contribution in [0.5, 0.6) is 0 Å². The fraction of sp³-hybridized carbons (Fsp3) is 0.600. The maximum Gasteiger partial charge on any atom is 0.123 e. The highest BCUT2D eigenvalue weighted by Crippen LogP contribution is 2.29. The number of rotatable bonds is 5. The third-order valence-electron chi connectivity index (χ3n) is 3.71. The summed E-state index contributed by atoms with van der Waals surface area (Å²) >= 11 is 0. The lowest BCUT2D eigenvalue weighted by Gasteiger charge is -2.35. The van der Waals surface area contributed by atoms with Crippen LogP contribution in [0, 0.1) is 5.82 Å². The Balaban J connectivity index is 2.03. The molecule has 5 heteroatoms. The van der Waals surface area contributed by atoms with Crippen molar-refractivity contribution in [1.29, 1.82) is 0 Å². The molecule has 1 saturated heterocycles. The second-order valence-corrected chi connectivity index (χ2v) is 5.27. The van der Waals surface area contributed by atoms with Crippen molar-refractivity contribution in [2.24, 2.45) is 5.73 Å². The summed E-state index contributed by atoms with van der Waals surface area (Å²) in [7, 11) is 0. The van der Waals surface area contributed by atoms with E-state index in [1.165, 1.54) is 12.1 Å². The van der Waals surface area contributed by atoms with Crippen molar-refractivity contribution < 1.29 is 14.2 Å². The van der Waals surface area contributed by atoms with Crippen molar-refractivity contribution in [2.75, 3.05) is 31.2 Å². The molecule has 0 amide bonds. The van der Waals surface area contributed by atoms with Crippen molar-refractivity contribution in [3.63, 3.8) is 0 Å². The standard InChI is InChI=1S/C15H23FN2O2/c1-11(17)14-10-12(16)2-3-15(14)18-6-4-13(5-7-18)20-9-8-19/h2-3,10-11,13,19H,4-9,17H2,1H3/t11-/m0/s1. The van der Waals surface area contributed by atoms with Crippen LogP contribution in [0.15, 0.2) is 18.2 Å². The van der Waals surface area contributed by atoms with E-state index in [0.717, 1.165) is 37.2 Å². The number of ether oxygens (including phenoxy) is 1. The van der Waals surface area contributed by atoms with Crippen molar-refractivity contribution in [3.05, 3.63) is 29.6 Å². The Morgan fingerprint density at radius 2 is 2.15 bits per heavy atom. The van der Waals surface area contributed by atoms with Gasteiger partial charge in [0.25, 0.3) is 0 Å². The highest BCUT2D eigenvalue weighted by atomic mass is 19.1. The van der Waals surface area contributed by atoms with Crippen LogP contribution in [0.1, 0.15) is 31.4 Å². The fourth-order valence-corrected chi connectivity index (χ4v) is 2.66. The fourth-order valence-electron chi connectivity index (χ4n) is 2.66. The summed E-state index contributed by atoms with van der Waals surface area (Å²) in [4.78, 5) is 2.23. The molecule has 4 nitrogen and oxygen atoms in total. The number of hydrogen-bond donors (Lipinski definition) is 2. The Hall–Kier alpha value is -1.17. The average Bonchev–Trinajstić information content (AvgIpc) is 2.45. The van der Waals surface area contributed by atoms with Crippen LogP contribution in [0.3, 0.4) is 0 Å². The molecule has 1 fully saturated rings. The van der Waals surface area contributed by atoms with Gasteiger partial charge in [-0.05, 0) is 43.5 Å². The van der Waals surface area contributed by atoms with Crippen molar-refractivity contribution in [3.8, 4) is 0 Å². The van der Waals surface area contributed by atoms with E-state index in [1.807, 2.05) is 13.0 Å². The molecule has 2 rings (SSSR count). The van der Waals surface area contributed by atoms with Gasteiger partial charge in [0, 0.05) is 24.8 Å². The smallest absolute Gasteiger partial charge is 0.123 e. The summed E-state index contributed by atoms with van der Waals surface area (Å²) < 4.78 is 18.9. The van der Waals surface area contributed by atoms with Crippen LogP contribution in [0.4, 0.5) is 10.1 Å². The summed E-state index contributed by atoms with van der Waals surface area (Å²) in [5.74, 6) is -0.248. The molecule has 3 N–H and O–H groups in total. The van der Waals surface area contributed by atoms with E-state index < -0.39 is 0 Å². The number of aliphatic hydroxyl groups is 1. The molecule has 0 aromatic heterocycles. The van der Waals surface area contributed by atoms with Crippen LogP contribution in [-0.2, 0) is 4.74 Å². The van der Waals surface area contributed by atoms with Gasteiger partial charge in [0.15, 0.2) is 0 Å². The van der Waals surface area contributed by atoms with Gasteiger partial charge in [-0.2, -0.15) is 0 Å². The summed E-state index contributed by atoms with van der Waals surface area (Å²) in [5.41, 5.74) is 7.80. The van der Waals surface area contributed by atoms with Crippen molar-refractivity contribution >= 4 is 5.69 Å². The minimum absolute atomic E-state index is 0.0625. The number of aliphatic hydroxyl groups excluding tert-OH is 1. The molecule has 0 aliphatic carbocycles. The normalized spacial score (nSPS) is 18.3. The highest BCUT2D eigenvalue weighted by Gasteiger charge is 2.22. The minimum Gasteiger partial charge on any atom is -0.394 e. The number of anilines is 1. The molecule has 1 atom stereocenters. The van der Waals surface area contributed by atoms with E-state index in [1.54, 1.807) is 0 Å². The lowest BCUT2D eigenvalue weighted by molar-refractivity contribution is 0.0159. The van der Waals surface area contributed by atoms with E-state index in [-0.39, 0.29) is 24.6 Å². The van der Waals surface area contributed by atoms with Crippen molar-refractivity contribution in [1.82, 2.24) is 0 Å². The third-order valence-corrected chi connectivity index (χ3v) is 3.71. The number of piperidine rings is 1. The Morgan fingerprint density at radius 3 is 2.75 bits per heavy atom. The van der Waals surface area contributed by atoms with Crippen LogP contribution in [0.25, 0.3) is 0 Å². The summed E-state index contributed by atoms with van der Waals surface area (Å²) in [6, 6.07) is 4.62. The Morgan fingerprint density at radius 1 is 1.45 bits per heavy atom. The topological polar surface area (TPSA) is 58.7 Å². The second kappa shape index (κ2) is 7.02. The van der Waals surface area contributed by atoms with E-state index in [2.05, 4.69) is 4.90 Å². The maximum atomic E-state index is 13.4. The summed E-state index contributed by atoms with van der Waals surface area (Å²) in [6.45, 7) is 4.05. The van der Waals surface area contributed by atoms with Gasteiger partial charge in [-0.3, -0.25) is 0 Å². The first-order valence-electron chi connectivity index (χ1n) is 7.14. The first-order chi connectivity index (χ1) is 9.61. The van der Waals surface area contributed by atoms with Crippen LogP contribution >= 0.6 is 0 Å². The molecule has 0 saturated carbocycles. The highest BCUT2D eigenvalue weighted by molar-refractivity contribution is 5.55. The number of hydrogen-bond acceptors (Lipinski definition) is 4. The Kier molecular flexibility index (Phi) is 5.34. The molecule has 0 spiro atoms. The van der Waals surface area contributed by atoms with Gasteiger partial charge in [0.1, 0.15) is 5.82 Å². The number of nitrogens with two attached hydrogens (primary N) is 1. The molecule has 1 aliphatic rings. The summed E-state index contributed by atoms with van der Waals surface area (Å²) in [5, 5.41) is 8.77. The van der Waals surface area contributed by atoms with Gasteiger partial charge in [0.05, 0.1) is 19.3 Å². The van der Waals surface area contributed by atoms with Gasteiger partial charge in [-0.15, -0.1) is 0 Å². The SMILES string of the molecule is C[C@H](N)c1cc(F)ccc1N1CCC(OCCO)CC1. The van der Waals surface area contributed by atoms with Crippen LogP contribution < -0.4 is 10.6 Å². The lowest BCUT2D eigenvalue weighted by atomic mass is 10.0. The van der Waals surface area contributed by atoms with Crippen LogP contribution in [-0.4, -0.2) is 37.5 Å². The maximum absolute atomic E-state index is 13.4. The Bertz CT molecular complexity index is 432. The van der Waals surface area contributed by atoms with Gasteiger partial charge in [-0.1, -0.05) is 0 Å². The summed E-state index contributed by atoms with van der Waals surface area (Å²) in [6.07, 6.45) is 2.03. The molecule has 0 unspecified atom stereocenters. The van der Waals surface area contributed by atoms with Gasteiger partial charge < -0.3 is 20.5 Å². The van der Waals surface area contributed by atoms with Gasteiger partial charge >= 0.3 is 0 Å². The predicted octanol–water partition coefficient (Wildman–Crippen LogP) is 1.82. The zero-order chi connectivity index (χ0) is 14.5. The van der Waals surface area contributed by atoms with E-state index in [4.69, 9.17) is 15.6 Å². The molecule has 0 radical (unpaired) electrons. The lowest BCUT2D eigenvalue weighted by Crippen LogP contribution is -2.38. The molecule has 1 heterocycles. The molecular weight excluding hydrogens is 259 g/mol. The first-order valence-corrected chi connectivity index (χ1v) is 7.14. The van der Waals surface area contributed by atoms with E-state index in [9.17, 15) is 4.39 Å². The van der Waals surface area contributed by atoms with Gasteiger partial charge in [0.2, 0.25) is 0 Å². The van der Waals surface area contributed by atoms with E-state index in [0.29, 0.717) is 6.61 Å². The predicted molar refractivity (Wildman–Crippen MR) is 77.3 cm³/mol. The number of halogens is 1. The van der Waals surface area contributed by atoms with Crippen LogP contribution in [0.2, 0.25) is 0 Å². The largest absolute Gasteiger partial charge is 0.394 e. The molecule has 1 aromatic rings. The molecule has 0 bridgehead atoms. The average molecular weight is 282 g/mol.